The van der Waals surface area contributed by atoms with E-state index in [9.17, 15) is 0 Å². The van der Waals surface area contributed by atoms with E-state index in [2.05, 4.69) is 30.4 Å². The van der Waals surface area contributed by atoms with Crippen molar-refractivity contribution in [1.82, 2.24) is 30.4 Å². The van der Waals surface area contributed by atoms with E-state index in [-0.39, 0.29) is 0 Å². The molecule has 0 aliphatic carbocycles. The Kier molecular flexibility index (Phi) is 2.10. The smallest absolute Gasteiger partial charge is 0.148 e. The highest BCUT2D eigenvalue weighted by Gasteiger charge is 2.06. The Morgan fingerprint density at radius 2 is 1.93 bits per heavy atom. The van der Waals surface area contributed by atoms with Crippen LogP contribution in [0.15, 0.2) is 12.5 Å². The lowest BCUT2D eigenvalue weighted by Gasteiger charge is -2.00. The molecular formula is C8H8N6. The second-order valence-corrected chi connectivity index (χ2v) is 2.78. The van der Waals surface area contributed by atoms with Crippen molar-refractivity contribution in [2.75, 3.05) is 0 Å². The van der Waals surface area contributed by atoms with Crippen LogP contribution in [0.25, 0.3) is 11.4 Å². The van der Waals surface area contributed by atoms with Gasteiger partial charge in [-0.15, -0.1) is 15.3 Å². The zero-order valence-electron chi connectivity index (χ0n) is 7.84. The molecule has 0 bridgehead atoms. The minimum absolute atomic E-state index is 0.604. The van der Waals surface area contributed by atoms with Gasteiger partial charge in [0.05, 0.1) is 11.9 Å². The molecule has 0 atom stereocenters. The summed E-state index contributed by atoms with van der Waals surface area (Å²) < 4.78 is 0. The van der Waals surface area contributed by atoms with Gasteiger partial charge in [-0.3, -0.25) is 0 Å². The predicted octanol–water partition coefficient (Wildman–Crippen LogP) is 0.340. The molecule has 0 spiro atoms. The van der Waals surface area contributed by atoms with E-state index in [0.29, 0.717) is 17.2 Å². The summed E-state index contributed by atoms with van der Waals surface area (Å²) in [4.78, 5) is 8.21. The first kappa shape index (κ1) is 8.61. The van der Waals surface area contributed by atoms with Gasteiger partial charge in [-0.1, -0.05) is 0 Å². The first-order valence-corrected chi connectivity index (χ1v) is 4.08. The monoisotopic (exact) mass is 188 g/mol. The fraction of sp³-hybridized carbons (Fsp3) is 0.250. The van der Waals surface area contributed by atoms with Gasteiger partial charge in [0.1, 0.15) is 23.5 Å². The zero-order valence-corrected chi connectivity index (χ0v) is 7.84. The molecule has 0 saturated carbocycles. The third kappa shape index (κ3) is 1.54. The van der Waals surface area contributed by atoms with E-state index in [1.54, 1.807) is 13.1 Å². The van der Waals surface area contributed by atoms with Crippen LogP contribution >= 0.6 is 0 Å². The van der Waals surface area contributed by atoms with Crippen LogP contribution in [0.1, 0.15) is 11.5 Å². The number of hydrogen-bond acceptors (Lipinski definition) is 6. The molecular weight excluding hydrogens is 180 g/mol. The summed E-state index contributed by atoms with van der Waals surface area (Å²) in [7, 11) is 0. The Hall–Kier alpha value is -1.98. The standard InChI is InChI=1S/C8H8N6/c1-5-8(14-11-4-9-5)7-3-10-13-6(2)12-7/h3-4H,1-2H3. The van der Waals surface area contributed by atoms with Crippen molar-refractivity contribution in [3.63, 3.8) is 0 Å². The van der Waals surface area contributed by atoms with Crippen LogP contribution in [0.2, 0.25) is 0 Å². The van der Waals surface area contributed by atoms with E-state index < -0.39 is 0 Å². The van der Waals surface area contributed by atoms with E-state index in [4.69, 9.17) is 0 Å². The highest BCUT2D eigenvalue weighted by Crippen LogP contribution is 2.13. The van der Waals surface area contributed by atoms with Gasteiger partial charge in [0.25, 0.3) is 0 Å². The van der Waals surface area contributed by atoms with Crippen LogP contribution < -0.4 is 0 Å². The van der Waals surface area contributed by atoms with Gasteiger partial charge < -0.3 is 0 Å². The Labute approximate surface area is 80.5 Å². The Morgan fingerprint density at radius 3 is 2.64 bits per heavy atom. The molecule has 0 aliphatic rings. The molecule has 0 N–H and O–H groups in total. The maximum atomic E-state index is 4.19. The lowest BCUT2D eigenvalue weighted by molar-refractivity contribution is 0.889. The minimum atomic E-state index is 0.604. The van der Waals surface area contributed by atoms with Crippen molar-refractivity contribution >= 4 is 0 Å². The minimum Gasteiger partial charge on any atom is -0.237 e. The number of aromatic nitrogens is 6. The highest BCUT2D eigenvalue weighted by molar-refractivity contribution is 5.54. The fourth-order valence-electron chi connectivity index (χ4n) is 1.07. The lowest BCUT2D eigenvalue weighted by Crippen LogP contribution is -1.99. The molecule has 0 amide bonds. The van der Waals surface area contributed by atoms with Crippen LogP contribution in [0, 0.1) is 13.8 Å². The summed E-state index contributed by atoms with van der Waals surface area (Å²) >= 11 is 0. The molecule has 2 heterocycles. The molecule has 0 radical (unpaired) electrons. The Morgan fingerprint density at radius 1 is 1.07 bits per heavy atom. The predicted molar refractivity (Wildman–Crippen MR) is 48.1 cm³/mol. The second kappa shape index (κ2) is 3.41. The number of hydrogen-bond donors (Lipinski definition) is 0. The van der Waals surface area contributed by atoms with Gasteiger partial charge in [0.2, 0.25) is 0 Å². The third-order valence-corrected chi connectivity index (χ3v) is 1.71. The summed E-state index contributed by atoms with van der Waals surface area (Å²) in [6, 6.07) is 0. The van der Waals surface area contributed by atoms with Crippen molar-refractivity contribution in [3.05, 3.63) is 24.0 Å². The SMILES string of the molecule is Cc1nncc(-c2nncnc2C)n1. The summed E-state index contributed by atoms with van der Waals surface area (Å²) in [5, 5.41) is 15.2. The van der Waals surface area contributed by atoms with E-state index in [1.807, 2.05) is 6.92 Å². The quantitative estimate of drug-likeness (QED) is 0.642. The molecule has 0 fully saturated rings. The summed E-state index contributed by atoms with van der Waals surface area (Å²) in [6.45, 7) is 3.62. The second-order valence-electron chi connectivity index (χ2n) is 2.78. The van der Waals surface area contributed by atoms with Crippen molar-refractivity contribution in [2.24, 2.45) is 0 Å². The normalized spacial score (nSPS) is 10.1. The van der Waals surface area contributed by atoms with Gasteiger partial charge in [-0.2, -0.15) is 5.10 Å². The molecule has 0 aliphatic heterocycles. The fourth-order valence-corrected chi connectivity index (χ4v) is 1.07. The van der Waals surface area contributed by atoms with E-state index >= 15 is 0 Å². The maximum absolute atomic E-state index is 4.19. The van der Waals surface area contributed by atoms with Gasteiger partial charge in [-0.25, -0.2) is 9.97 Å². The van der Waals surface area contributed by atoms with Crippen LogP contribution in [0.4, 0.5) is 0 Å². The molecule has 2 aromatic rings. The van der Waals surface area contributed by atoms with Crippen molar-refractivity contribution in [3.8, 4) is 11.4 Å². The first-order valence-electron chi connectivity index (χ1n) is 4.08. The van der Waals surface area contributed by atoms with Gasteiger partial charge in [-0.05, 0) is 13.8 Å². The largest absolute Gasteiger partial charge is 0.237 e. The topological polar surface area (TPSA) is 77.3 Å². The molecule has 6 nitrogen and oxygen atoms in total. The molecule has 2 rings (SSSR count). The summed E-state index contributed by atoms with van der Waals surface area (Å²) in [6.07, 6.45) is 2.95. The zero-order chi connectivity index (χ0) is 9.97. The molecule has 0 unspecified atom stereocenters. The maximum Gasteiger partial charge on any atom is 0.148 e. The average Bonchev–Trinajstić information content (AvgIpc) is 2.18. The van der Waals surface area contributed by atoms with E-state index in [0.717, 1.165) is 5.69 Å². The molecule has 6 heteroatoms. The summed E-state index contributed by atoms with van der Waals surface area (Å²) in [5.74, 6) is 0.604. The van der Waals surface area contributed by atoms with Crippen molar-refractivity contribution in [1.29, 1.82) is 0 Å². The lowest BCUT2D eigenvalue weighted by atomic mass is 10.2. The molecule has 2 aromatic heterocycles. The molecule has 70 valence electrons. The third-order valence-electron chi connectivity index (χ3n) is 1.71. The van der Waals surface area contributed by atoms with Crippen LogP contribution in [0.3, 0.4) is 0 Å². The Bertz CT molecular complexity index is 455. The first-order chi connectivity index (χ1) is 6.77. The number of rotatable bonds is 1. The van der Waals surface area contributed by atoms with Crippen molar-refractivity contribution < 1.29 is 0 Å². The van der Waals surface area contributed by atoms with Gasteiger partial charge >= 0.3 is 0 Å². The van der Waals surface area contributed by atoms with Crippen LogP contribution in [-0.2, 0) is 0 Å². The van der Waals surface area contributed by atoms with Crippen molar-refractivity contribution in [2.45, 2.75) is 13.8 Å². The van der Waals surface area contributed by atoms with E-state index in [1.165, 1.54) is 6.33 Å². The summed E-state index contributed by atoms with van der Waals surface area (Å²) in [5.41, 5.74) is 2.07. The Balaban J connectivity index is 2.55. The van der Waals surface area contributed by atoms with Gasteiger partial charge in [0, 0.05) is 0 Å². The van der Waals surface area contributed by atoms with Gasteiger partial charge in [0.15, 0.2) is 0 Å². The number of nitrogens with zero attached hydrogens (tertiary/aromatic N) is 6. The van der Waals surface area contributed by atoms with Crippen LogP contribution in [-0.4, -0.2) is 30.4 Å². The molecule has 0 saturated heterocycles. The molecule has 0 aromatic carbocycles. The van der Waals surface area contributed by atoms with Crippen LogP contribution in [0.5, 0.6) is 0 Å². The number of aryl methyl sites for hydroxylation is 2. The average molecular weight is 188 g/mol. The highest BCUT2D eigenvalue weighted by atomic mass is 15.2. The molecule has 14 heavy (non-hydrogen) atoms.